The Bertz CT molecular complexity index is 870. The van der Waals surface area contributed by atoms with Gasteiger partial charge in [0.15, 0.2) is 0 Å². The fourth-order valence-electron chi connectivity index (χ4n) is 3.00. The summed E-state index contributed by atoms with van der Waals surface area (Å²) in [6.07, 6.45) is 3.16. The fourth-order valence-corrected chi connectivity index (χ4v) is 3.00. The molecule has 0 saturated heterocycles. The summed E-state index contributed by atoms with van der Waals surface area (Å²) in [7, 11) is 0. The van der Waals surface area contributed by atoms with Crippen molar-refractivity contribution in [1.82, 2.24) is 15.1 Å². The number of hydrogen-bond donors (Lipinski definition) is 2. The zero-order valence-electron chi connectivity index (χ0n) is 15.6. The molecule has 0 aliphatic rings. The lowest BCUT2D eigenvalue weighted by atomic mass is 10.0. The van der Waals surface area contributed by atoms with E-state index in [2.05, 4.69) is 48.6 Å². The van der Waals surface area contributed by atoms with Crippen molar-refractivity contribution in [2.45, 2.75) is 32.9 Å². The molecular formula is C22H25N3O2. The lowest BCUT2D eigenvalue weighted by Gasteiger charge is -2.05. The molecule has 3 aromatic rings. The van der Waals surface area contributed by atoms with Gasteiger partial charge in [0.2, 0.25) is 0 Å². The molecule has 1 aromatic heterocycles. The Morgan fingerprint density at radius 1 is 1.07 bits per heavy atom. The van der Waals surface area contributed by atoms with Crippen LogP contribution in [0.2, 0.25) is 0 Å². The van der Waals surface area contributed by atoms with E-state index in [0.29, 0.717) is 19.6 Å². The third kappa shape index (κ3) is 5.28. The van der Waals surface area contributed by atoms with Gasteiger partial charge in [-0.3, -0.25) is 9.48 Å². The number of carboxylic acids is 1. The van der Waals surface area contributed by atoms with Crippen LogP contribution in [-0.4, -0.2) is 27.4 Å². The van der Waals surface area contributed by atoms with Crippen molar-refractivity contribution in [2.24, 2.45) is 0 Å². The Labute approximate surface area is 159 Å². The highest BCUT2D eigenvalue weighted by atomic mass is 16.4. The second-order valence-electron chi connectivity index (χ2n) is 6.56. The Hall–Kier alpha value is -2.92. The first-order valence-corrected chi connectivity index (χ1v) is 9.27. The molecule has 0 saturated carbocycles. The Balaban J connectivity index is 1.82. The molecule has 0 spiro atoms. The Kier molecular flexibility index (Phi) is 6.39. The molecular weight excluding hydrogens is 338 g/mol. The minimum absolute atomic E-state index is 0.110. The van der Waals surface area contributed by atoms with Gasteiger partial charge in [-0.25, -0.2) is 0 Å². The van der Waals surface area contributed by atoms with Gasteiger partial charge in [-0.2, -0.15) is 5.10 Å². The van der Waals surface area contributed by atoms with Gasteiger partial charge in [-0.1, -0.05) is 61.5 Å². The molecule has 2 aromatic carbocycles. The van der Waals surface area contributed by atoms with Crippen molar-refractivity contribution in [3.05, 3.63) is 77.5 Å². The van der Waals surface area contributed by atoms with E-state index < -0.39 is 5.97 Å². The van der Waals surface area contributed by atoms with Crippen LogP contribution in [0.5, 0.6) is 0 Å². The molecule has 140 valence electrons. The van der Waals surface area contributed by atoms with Crippen molar-refractivity contribution in [2.75, 3.05) is 6.54 Å². The van der Waals surface area contributed by atoms with Gasteiger partial charge in [0.25, 0.3) is 0 Å². The van der Waals surface area contributed by atoms with Crippen LogP contribution in [0.15, 0.2) is 60.8 Å². The van der Waals surface area contributed by atoms with Gasteiger partial charge in [-0.15, -0.1) is 0 Å². The van der Waals surface area contributed by atoms with Crippen LogP contribution in [0.1, 0.15) is 30.0 Å². The van der Waals surface area contributed by atoms with Crippen molar-refractivity contribution in [3.8, 4) is 11.3 Å². The number of aromatic nitrogens is 2. The van der Waals surface area contributed by atoms with Gasteiger partial charge in [0.1, 0.15) is 0 Å². The van der Waals surface area contributed by atoms with Gasteiger partial charge in [-0.05, 0) is 17.5 Å². The normalized spacial score (nSPS) is 10.9. The summed E-state index contributed by atoms with van der Waals surface area (Å²) in [6, 6.07) is 18.7. The zero-order valence-corrected chi connectivity index (χ0v) is 15.6. The molecule has 0 aliphatic carbocycles. The summed E-state index contributed by atoms with van der Waals surface area (Å²) in [5, 5.41) is 16.8. The molecule has 0 atom stereocenters. The second-order valence-corrected chi connectivity index (χ2v) is 6.56. The van der Waals surface area contributed by atoms with E-state index in [1.807, 2.05) is 29.1 Å². The van der Waals surface area contributed by atoms with Crippen LogP contribution in [0.3, 0.4) is 0 Å². The lowest BCUT2D eigenvalue weighted by Crippen LogP contribution is -2.17. The van der Waals surface area contributed by atoms with E-state index in [1.165, 1.54) is 11.1 Å². The standard InChI is InChI=1S/C22H25N3O2/c1-2-17-8-10-19(11-9-17)22-20(14-23-13-12-21(26)27)16-25(24-22)15-18-6-4-3-5-7-18/h3-11,16,23H,2,12-15H2,1H3,(H,26,27). The molecule has 0 amide bonds. The minimum atomic E-state index is -0.794. The number of carboxylic acid groups (broad SMARTS) is 1. The molecule has 0 aliphatic heterocycles. The van der Waals surface area contributed by atoms with Crippen LogP contribution in [0.4, 0.5) is 0 Å². The molecule has 0 fully saturated rings. The molecule has 27 heavy (non-hydrogen) atoms. The smallest absolute Gasteiger partial charge is 0.304 e. The van der Waals surface area contributed by atoms with Gasteiger partial charge in [0, 0.05) is 30.4 Å². The number of nitrogens with zero attached hydrogens (tertiary/aromatic N) is 2. The molecule has 3 rings (SSSR count). The minimum Gasteiger partial charge on any atom is -0.481 e. The predicted octanol–water partition coefficient (Wildman–Crippen LogP) is 3.73. The number of hydrogen-bond acceptors (Lipinski definition) is 3. The average molecular weight is 363 g/mol. The van der Waals surface area contributed by atoms with Crippen LogP contribution in [0.25, 0.3) is 11.3 Å². The number of rotatable bonds is 9. The average Bonchev–Trinajstić information content (AvgIpc) is 3.08. The van der Waals surface area contributed by atoms with Crippen LogP contribution >= 0.6 is 0 Å². The summed E-state index contributed by atoms with van der Waals surface area (Å²) in [5.74, 6) is -0.794. The summed E-state index contributed by atoms with van der Waals surface area (Å²) in [6.45, 7) is 3.87. The monoisotopic (exact) mass is 363 g/mol. The van der Waals surface area contributed by atoms with Gasteiger partial charge in [0.05, 0.1) is 18.7 Å². The number of nitrogens with one attached hydrogen (secondary N) is 1. The highest BCUT2D eigenvalue weighted by molar-refractivity contribution is 5.67. The van der Waals surface area contributed by atoms with Crippen LogP contribution in [0, 0.1) is 0 Å². The van der Waals surface area contributed by atoms with E-state index in [4.69, 9.17) is 10.2 Å². The molecule has 5 nitrogen and oxygen atoms in total. The van der Waals surface area contributed by atoms with Crippen LogP contribution in [-0.2, 0) is 24.3 Å². The maximum atomic E-state index is 10.7. The molecule has 2 N–H and O–H groups in total. The predicted molar refractivity (Wildman–Crippen MR) is 107 cm³/mol. The number of benzene rings is 2. The maximum absolute atomic E-state index is 10.7. The van der Waals surface area contributed by atoms with Crippen LogP contribution < -0.4 is 5.32 Å². The summed E-state index contributed by atoms with van der Waals surface area (Å²) in [4.78, 5) is 10.7. The Morgan fingerprint density at radius 3 is 2.48 bits per heavy atom. The summed E-state index contributed by atoms with van der Waals surface area (Å²) < 4.78 is 1.95. The second kappa shape index (κ2) is 9.14. The van der Waals surface area contributed by atoms with E-state index in [9.17, 15) is 4.79 Å². The van der Waals surface area contributed by atoms with Crippen molar-refractivity contribution < 1.29 is 9.90 Å². The van der Waals surface area contributed by atoms with Crippen molar-refractivity contribution in [3.63, 3.8) is 0 Å². The fraction of sp³-hybridized carbons (Fsp3) is 0.273. The first kappa shape index (κ1) is 18.9. The lowest BCUT2D eigenvalue weighted by molar-refractivity contribution is -0.136. The van der Waals surface area contributed by atoms with E-state index in [-0.39, 0.29) is 6.42 Å². The largest absolute Gasteiger partial charge is 0.481 e. The first-order chi connectivity index (χ1) is 13.2. The number of aryl methyl sites for hydroxylation is 1. The molecule has 1 heterocycles. The SMILES string of the molecule is CCc1ccc(-c2nn(Cc3ccccc3)cc2CNCCC(=O)O)cc1. The third-order valence-corrected chi connectivity index (χ3v) is 4.49. The number of aliphatic carboxylic acids is 1. The maximum Gasteiger partial charge on any atom is 0.304 e. The first-order valence-electron chi connectivity index (χ1n) is 9.27. The van der Waals surface area contributed by atoms with Gasteiger partial charge >= 0.3 is 5.97 Å². The topological polar surface area (TPSA) is 67.2 Å². The van der Waals surface area contributed by atoms with E-state index >= 15 is 0 Å². The van der Waals surface area contributed by atoms with E-state index in [1.54, 1.807) is 0 Å². The Morgan fingerprint density at radius 2 is 1.81 bits per heavy atom. The highest BCUT2D eigenvalue weighted by Gasteiger charge is 2.12. The molecule has 0 bridgehead atoms. The summed E-state index contributed by atoms with van der Waals surface area (Å²) >= 11 is 0. The van der Waals surface area contributed by atoms with E-state index in [0.717, 1.165) is 23.2 Å². The van der Waals surface area contributed by atoms with Crippen molar-refractivity contribution >= 4 is 5.97 Å². The van der Waals surface area contributed by atoms with Crippen molar-refractivity contribution in [1.29, 1.82) is 0 Å². The number of carbonyl (C=O) groups is 1. The third-order valence-electron chi connectivity index (χ3n) is 4.49. The molecule has 0 unspecified atom stereocenters. The summed E-state index contributed by atoms with van der Waals surface area (Å²) in [5.41, 5.74) is 5.58. The molecule has 0 radical (unpaired) electrons. The molecule has 5 heteroatoms. The quantitative estimate of drug-likeness (QED) is 0.569. The van der Waals surface area contributed by atoms with Gasteiger partial charge < -0.3 is 10.4 Å². The zero-order chi connectivity index (χ0) is 19.1. The highest BCUT2D eigenvalue weighted by Crippen LogP contribution is 2.23.